The highest BCUT2D eigenvalue weighted by atomic mass is 79.9. The molecule has 5 rings (SSSR count). The van der Waals surface area contributed by atoms with Crippen molar-refractivity contribution in [1.29, 1.82) is 0 Å². The van der Waals surface area contributed by atoms with Crippen LogP contribution in [-0.4, -0.2) is 31.4 Å². The standard InChI is InChI=1S/C24H23BrFN5O/c1-3-4-5-15-6-13(2)18(11-27-15)16-7-14-10-28-22(30-24(32)17-8-19(17)26)9-20(14)31-21(25)12-29-23(16)31/h6-7,9-12,17,19H,3-5,8H2,1-2H3,(H,28,30,32). The lowest BCUT2D eigenvalue weighted by Gasteiger charge is -2.13. The van der Waals surface area contributed by atoms with E-state index in [1.165, 1.54) is 0 Å². The second kappa shape index (κ2) is 8.24. The van der Waals surface area contributed by atoms with Crippen molar-refractivity contribution in [2.75, 3.05) is 5.32 Å². The van der Waals surface area contributed by atoms with E-state index in [1.54, 1.807) is 18.5 Å². The van der Waals surface area contributed by atoms with Crippen LogP contribution in [0.15, 0.2) is 41.4 Å². The summed E-state index contributed by atoms with van der Waals surface area (Å²) in [6.45, 7) is 4.27. The van der Waals surface area contributed by atoms with E-state index in [9.17, 15) is 9.18 Å². The Bertz CT molecular complexity index is 1350. The molecule has 6 nitrogen and oxygen atoms in total. The van der Waals surface area contributed by atoms with E-state index in [0.29, 0.717) is 5.82 Å². The van der Waals surface area contributed by atoms with Crippen LogP contribution in [0.3, 0.4) is 0 Å². The average Bonchev–Trinajstić information content (AvgIpc) is 3.39. The maximum absolute atomic E-state index is 13.2. The van der Waals surface area contributed by atoms with Gasteiger partial charge in [-0.25, -0.2) is 14.4 Å². The number of fused-ring (bicyclic) bond motifs is 3. The number of aromatic nitrogens is 4. The van der Waals surface area contributed by atoms with E-state index in [1.807, 2.05) is 10.6 Å². The molecule has 164 valence electrons. The molecule has 32 heavy (non-hydrogen) atoms. The molecule has 0 saturated heterocycles. The Morgan fingerprint density at radius 1 is 1.19 bits per heavy atom. The smallest absolute Gasteiger partial charge is 0.231 e. The fourth-order valence-electron chi connectivity index (χ4n) is 4.04. The van der Waals surface area contributed by atoms with Gasteiger partial charge < -0.3 is 5.32 Å². The first-order valence-corrected chi connectivity index (χ1v) is 11.6. The molecule has 4 aromatic rings. The number of carbonyl (C=O) groups excluding carboxylic acids is 1. The Labute approximate surface area is 193 Å². The van der Waals surface area contributed by atoms with Crippen LogP contribution in [0.1, 0.15) is 37.4 Å². The van der Waals surface area contributed by atoms with Crippen LogP contribution in [0.5, 0.6) is 0 Å². The quantitative estimate of drug-likeness (QED) is 0.374. The maximum Gasteiger partial charge on any atom is 0.231 e. The average molecular weight is 496 g/mol. The number of anilines is 1. The molecule has 1 aliphatic rings. The predicted molar refractivity (Wildman–Crippen MR) is 126 cm³/mol. The topological polar surface area (TPSA) is 72.2 Å². The van der Waals surface area contributed by atoms with Crippen molar-refractivity contribution in [2.45, 2.75) is 45.7 Å². The lowest BCUT2D eigenvalue weighted by atomic mass is 10.0. The molecule has 1 aliphatic carbocycles. The van der Waals surface area contributed by atoms with Crippen LogP contribution in [0, 0.1) is 12.8 Å². The van der Waals surface area contributed by atoms with Gasteiger partial charge in [0.2, 0.25) is 5.91 Å². The molecule has 1 amide bonds. The number of alkyl halides is 1. The number of rotatable bonds is 6. The molecule has 1 saturated carbocycles. The van der Waals surface area contributed by atoms with E-state index in [0.717, 1.165) is 62.8 Å². The van der Waals surface area contributed by atoms with Gasteiger partial charge in [-0.1, -0.05) is 13.3 Å². The molecule has 2 atom stereocenters. The minimum atomic E-state index is -1.04. The second-order valence-electron chi connectivity index (χ2n) is 8.37. The van der Waals surface area contributed by atoms with Crippen molar-refractivity contribution in [3.63, 3.8) is 0 Å². The van der Waals surface area contributed by atoms with Crippen LogP contribution in [-0.2, 0) is 11.2 Å². The van der Waals surface area contributed by atoms with Gasteiger partial charge in [-0.15, -0.1) is 0 Å². The minimum Gasteiger partial charge on any atom is -0.310 e. The van der Waals surface area contributed by atoms with Crippen LogP contribution in [0.4, 0.5) is 10.2 Å². The van der Waals surface area contributed by atoms with Gasteiger partial charge in [0.05, 0.1) is 17.6 Å². The first-order valence-electron chi connectivity index (χ1n) is 10.8. The Kier molecular flexibility index (Phi) is 5.41. The number of unbranched alkanes of at least 4 members (excludes halogenated alkanes) is 1. The highest BCUT2D eigenvalue weighted by Gasteiger charge is 2.43. The summed E-state index contributed by atoms with van der Waals surface area (Å²) in [5, 5.41) is 3.63. The van der Waals surface area contributed by atoms with Crippen LogP contribution in [0.2, 0.25) is 0 Å². The Hall–Kier alpha value is -2.87. The third-order valence-corrected chi connectivity index (χ3v) is 6.52. The van der Waals surface area contributed by atoms with Gasteiger partial charge >= 0.3 is 0 Å². The van der Waals surface area contributed by atoms with Gasteiger partial charge in [-0.2, -0.15) is 0 Å². The monoisotopic (exact) mass is 495 g/mol. The van der Waals surface area contributed by atoms with Crippen molar-refractivity contribution >= 4 is 44.2 Å². The van der Waals surface area contributed by atoms with E-state index >= 15 is 0 Å². The molecule has 0 aromatic carbocycles. The molecule has 8 heteroatoms. The predicted octanol–water partition coefficient (Wildman–Crippen LogP) is 5.65. The lowest BCUT2D eigenvalue weighted by Crippen LogP contribution is -2.16. The second-order valence-corrected chi connectivity index (χ2v) is 9.18. The van der Waals surface area contributed by atoms with Gasteiger partial charge in [0.15, 0.2) is 0 Å². The molecule has 1 fully saturated rings. The van der Waals surface area contributed by atoms with Gasteiger partial charge in [0.25, 0.3) is 0 Å². The van der Waals surface area contributed by atoms with Crippen LogP contribution >= 0.6 is 15.9 Å². The number of pyridine rings is 3. The minimum absolute atomic E-state index is 0.282. The number of hydrogen-bond donors (Lipinski definition) is 1. The highest BCUT2D eigenvalue weighted by Crippen LogP contribution is 2.36. The number of amides is 1. The largest absolute Gasteiger partial charge is 0.310 e. The molecule has 0 spiro atoms. The number of nitrogens with zero attached hydrogens (tertiary/aromatic N) is 4. The van der Waals surface area contributed by atoms with Crippen molar-refractivity contribution in [2.24, 2.45) is 5.92 Å². The highest BCUT2D eigenvalue weighted by molar-refractivity contribution is 9.10. The number of halogens is 2. The summed E-state index contributed by atoms with van der Waals surface area (Å²) in [7, 11) is 0. The molecule has 4 heterocycles. The number of carbonyl (C=O) groups is 1. The van der Waals surface area contributed by atoms with Gasteiger partial charge in [0.1, 0.15) is 22.2 Å². The zero-order chi connectivity index (χ0) is 22.4. The number of hydrogen-bond acceptors (Lipinski definition) is 4. The molecule has 4 aromatic heterocycles. The lowest BCUT2D eigenvalue weighted by molar-refractivity contribution is -0.117. The normalized spacial score (nSPS) is 17.8. The van der Waals surface area contributed by atoms with E-state index in [-0.39, 0.29) is 12.3 Å². The maximum atomic E-state index is 13.2. The van der Waals surface area contributed by atoms with Crippen LogP contribution < -0.4 is 5.32 Å². The summed E-state index contributed by atoms with van der Waals surface area (Å²) in [6.07, 6.45) is 7.88. The fraction of sp³-hybridized carbons (Fsp3) is 0.333. The summed E-state index contributed by atoms with van der Waals surface area (Å²) in [5.41, 5.74) is 5.86. The Morgan fingerprint density at radius 3 is 2.72 bits per heavy atom. The molecule has 0 radical (unpaired) electrons. The summed E-state index contributed by atoms with van der Waals surface area (Å²) in [6, 6.07) is 6.00. The molecular formula is C24H23BrFN5O. The van der Waals surface area contributed by atoms with Crippen molar-refractivity contribution < 1.29 is 9.18 Å². The number of aryl methyl sites for hydroxylation is 2. The summed E-state index contributed by atoms with van der Waals surface area (Å²) in [5.74, 6) is -0.494. The summed E-state index contributed by atoms with van der Waals surface area (Å²) in [4.78, 5) is 25.8. The molecule has 0 aliphatic heterocycles. The Balaban J connectivity index is 1.59. The zero-order valence-corrected chi connectivity index (χ0v) is 19.5. The molecule has 1 N–H and O–H groups in total. The first-order chi connectivity index (χ1) is 15.5. The van der Waals surface area contributed by atoms with Gasteiger partial charge in [-0.3, -0.25) is 14.2 Å². The van der Waals surface area contributed by atoms with Crippen molar-refractivity contribution in [1.82, 2.24) is 19.4 Å². The Morgan fingerprint density at radius 2 is 2.00 bits per heavy atom. The van der Waals surface area contributed by atoms with E-state index in [2.05, 4.69) is 62.2 Å². The van der Waals surface area contributed by atoms with Gasteiger partial charge in [-0.05, 0) is 59.8 Å². The summed E-state index contributed by atoms with van der Waals surface area (Å²) < 4.78 is 16.0. The van der Waals surface area contributed by atoms with Crippen molar-refractivity contribution in [3.8, 4) is 11.1 Å². The third kappa shape index (κ3) is 3.77. The van der Waals surface area contributed by atoms with Gasteiger partial charge in [0, 0.05) is 40.7 Å². The first kappa shape index (κ1) is 21.0. The van der Waals surface area contributed by atoms with Crippen LogP contribution in [0.25, 0.3) is 27.7 Å². The van der Waals surface area contributed by atoms with E-state index < -0.39 is 12.1 Å². The molecule has 0 bridgehead atoms. The SMILES string of the molecule is CCCCc1cc(C)c(-c2cc3cnc(NC(=O)C4CC4F)cc3n3c(Br)cnc23)cn1. The van der Waals surface area contributed by atoms with Crippen molar-refractivity contribution in [3.05, 3.63) is 52.7 Å². The molecular weight excluding hydrogens is 473 g/mol. The fourth-order valence-corrected chi connectivity index (χ4v) is 4.50. The molecule has 2 unspecified atom stereocenters. The number of imidazole rings is 1. The zero-order valence-electron chi connectivity index (χ0n) is 17.9. The number of nitrogens with one attached hydrogen (secondary N) is 1. The third-order valence-electron chi connectivity index (χ3n) is 5.96. The summed E-state index contributed by atoms with van der Waals surface area (Å²) >= 11 is 3.60. The van der Waals surface area contributed by atoms with E-state index in [4.69, 9.17) is 0 Å².